The minimum Gasteiger partial charge on any atom is -0.496 e. The van der Waals surface area contributed by atoms with Crippen LogP contribution in [0.15, 0.2) is 40.2 Å². The van der Waals surface area contributed by atoms with E-state index in [0.717, 1.165) is 28.1 Å². The molecule has 41 heavy (non-hydrogen) atoms. The lowest BCUT2D eigenvalue weighted by molar-refractivity contribution is -0.0374. The Morgan fingerprint density at radius 1 is 1.29 bits per heavy atom. The van der Waals surface area contributed by atoms with Crippen molar-refractivity contribution < 1.29 is 28.5 Å². The summed E-state index contributed by atoms with van der Waals surface area (Å²) >= 11 is 1.56. The maximum absolute atomic E-state index is 14.0. The second-order valence-corrected chi connectivity index (χ2v) is 11.3. The van der Waals surface area contributed by atoms with Gasteiger partial charge in [-0.3, -0.25) is 9.79 Å². The highest BCUT2D eigenvalue weighted by atomic mass is 32.1. The van der Waals surface area contributed by atoms with Gasteiger partial charge in [0.05, 0.1) is 57.0 Å². The molecule has 3 aromatic rings. The molecule has 1 aromatic carbocycles. The fourth-order valence-electron chi connectivity index (χ4n) is 5.32. The SMILES string of the molecule is COc1cc2c(cc1C(C=NCC1OCCO1)=CN)-c1c(c(C(=O)N3CCOCC3(C)C)nn1-c1ccsc1)CO2. The third-order valence-electron chi connectivity index (χ3n) is 7.42. The number of aromatic nitrogens is 2. The number of amides is 1. The molecule has 0 aliphatic carbocycles. The minimum atomic E-state index is -0.461. The van der Waals surface area contributed by atoms with Crippen LogP contribution in [-0.4, -0.2) is 85.3 Å². The van der Waals surface area contributed by atoms with E-state index in [9.17, 15) is 4.79 Å². The van der Waals surface area contributed by atoms with Gasteiger partial charge in [-0.25, -0.2) is 4.68 Å². The standard InChI is InChI=1S/C29H33N5O6S/c1-29(2)17-37-6-5-33(29)28(35)26-22-15-40-24-11-23(36-3)20(18(12-30)13-31-14-25-38-7-8-39-25)10-21(24)27(22)34(32-26)19-4-9-41-16-19/h4,9-13,16,25H,5-8,14-15,17,30H2,1-3H3. The second kappa shape index (κ2) is 11.3. The van der Waals surface area contributed by atoms with Gasteiger partial charge in [-0.2, -0.15) is 16.4 Å². The summed E-state index contributed by atoms with van der Waals surface area (Å²) in [6.45, 7) is 7.12. The molecule has 0 bridgehead atoms. The van der Waals surface area contributed by atoms with Crippen LogP contribution in [0.1, 0.15) is 35.5 Å². The number of methoxy groups -OCH3 is 1. The van der Waals surface area contributed by atoms with Crippen LogP contribution in [0.25, 0.3) is 22.5 Å². The van der Waals surface area contributed by atoms with Gasteiger partial charge in [0.15, 0.2) is 12.0 Å². The molecule has 2 saturated heterocycles. The number of carbonyl (C=O) groups is 1. The third kappa shape index (κ3) is 5.12. The summed E-state index contributed by atoms with van der Waals surface area (Å²) in [6.07, 6.45) is 2.81. The molecule has 0 radical (unpaired) electrons. The first kappa shape index (κ1) is 27.5. The van der Waals surface area contributed by atoms with Crippen LogP contribution >= 0.6 is 11.3 Å². The first-order valence-corrected chi connectivity index (χ1v) is 14.4. The number of carbonyl (C=O) groups excluding carboxylic acids is 1. The second-order valence-electron chi connectivity index (χ2n) is 10.5. The smallest absolute Gasteiger partial charge is 0.275 e. The Balaban J connectivity index is 1.45. The number of allylic oxidation sites excluding steroid dienone is 1. The normalized spacial score (nSPS) is 18.8. The maximum atomic E-state index is 14.0. The largest absolute Gasteiger partial charge is 0.496 e. The van der Waals surface area contributed by atoms with Gasteiger partial charge in [-0.15, -0.1) is 0 Å². The lowest BCUT2D eigenvalue weighted by Gasteiger charge is -2.41. The van der Waals surface area contributed by atoms with E-state index >= 15 is 0 Å². The monoisotopic (exact) mass is 579 g/mol. The fraction of sp³-hybridized carbons (Fsp3) is 0.414. The summed E-state index contributed by atoms with van der Waals surface area (Å²) in [5.41, 5.74) is 10.5. The van der Waals surface area contributed by atoms with Crippen LogP contribution in [0.2, 0.25) is 0 Å². The summed E-state index contributed by atoms with van der Waals surface area (Å²) < 4.78 is 30.4. The molecule has 11 nitrogen and oxygen atoms in total. The minimum absolute atomic E-state index is 0.143. The van der Waals surface area contributed by atoms with Crippen molar-refractivity contribution in [2.24, 2.45) is 10.7 Å². The van der Waals surface area contributed by atoms with Crippen molar-refractivity contribution in [3.05, 3.63) is 52.0 Å². The molecule has 0 unspecified atom stereocenters. The summed E-state index contributed by atoms with van der Waals surface area (Å²) in [7, 11) is 1.60. The van der Waals surface area contributed by atoms with Crippen LogP contribution in [0.4, 0.5) is 0 Å². The van der Waals surface area contributed by atoms with Gasteiger partial charge in [0.1, 0.15) is 18.1 Å². The lowest BCUT2D eigenvalue weighted by Crippen LogP contribution is -2.55. The molecule has 2 N–H and O–H groups in total. The van der Waals surface area contributed by atoms with E-state index in [1.165, 1.54) is 6.20 Å². The maximum Gasteiger partial charge on any atom is 0.275 e. The Morgan fingerprint density at radius 3 is 2.83 bits per heavy atom. The molecule has 2 fully saturated rings. The Bertz CT molecular complexity index is 1490. The number of rotatable bonds is 7. The molecule has 0 saturated carbocycles. The van der Waals surface area contributed by atoms with Gasteiger partial charge in [0, 0.05) is 52.7 Å². The number of morpholine rings is 1. The van der Waals surface area contributed by atoms with Crippen molar-refractivity contribution in [2.75, 3.05) is 46.6 Å². The van der Waals surface area contributed by atoms with Gasteiger partial charge in [0.2, 0.25) is 0 Å². The number of thiophene rings is 1. The van der Waals surface area contributed by atoms with E-state index in [2.05, 4.69) is 4.99 Å². The molecular formula is C29H33N5O6S. The van der Waals surface area contributed by atoms with Gasteiger partial charge in [0.25, 0.3) is 5.91 Å². The zero-order valence-corrected chi connectivity index (χ0v) is 24.1. The predicted molar refractivity (Wildman–Crippen MR) is 155 cm³/mol. The highest BCUT2D eigenvalue weighted by Crippen LogP contribution is 2.45. The predicted octanol–water partition coefficient (Wildman–Crippen LogP) is 3.50. The Morgan fingerprint density at radius 2 is 2.12 bits per heavy atom. The number of nitrogens with zero attached hydrogens (tertiary/aromatic N) is 4. The van der Waals surface area contributed by atoms with Crippen LogP contribution in [-0.2, 0) is 20.8 Å². The van der Waals surface area contributed by atoms with Crippen LogP contribution in [0.3, 0.4) is 0 Å². The summed E-state index contributed by atoms with van der Waals surface area (Å²) in [6, 6.07) is 5.78. The molecule has 3 aliphatic rings. The molecule has 1 amide bonds. The Kier molecular flexibility index (Phi) is 7.56. The van der Waals surface area contributed by atoms with E-state index in [1.807, 2.05) is 52.4 Å². The number of nitrogens with two attached hydrogens (primary N) is 1. The van der Waals surface area contributed by atoms with E-state index in [0.29, 0.717) is 62.3 Å². The average molecular weight is 580 g/mol. The molecule has 6 rings (SSSR count). The topological polar surface area (TPSA) is 123 Å². The van der Waals surface area contributed by atoms with E-state index in [-0.39, 0.29) is 18.8 Å². The van der Waals surface area contributed by atoms with Gasteiger partial charge < -0.3 is 34.3 Å². The van der Waals surface area contributed by atoms with E-state index in [1.54, 1.807) is 24.7 Å². The number of hydrogen-bond acceptors (Lipinski definition) is 10. The van der Waals surface area contributed by atoms with Crippen molar-refractivity contribution >= 4 is 29.0 Å². The van der Waals surface area contributed by atoms with Crippen molar-refractivity contribution in [2.45, 2.75) is 32.3 Å². The molecule has 0 atom stereocenters. The number of benzene rings is 1. The van der Waals surface area contributed by atoms with Crippen LogP contribution in [0, 0.1) is 0 Å². The average Bonchev–Trinajstić information content (AvgIpc) is 3.75. The summed E-state index contributed by atoms with van der Waals surface area (Å²) in [5, 5.41) is 8.88. The molecule has 216 valence electrons. The van der Waals surface area contributed by atoms with Crippen molar-refractivity contribution in [3.8, 4) is 28.4 Å². The van der Waals surface area contributed by atoms with E-state index in [4.69, 9.17) is 34.5 Å². The molecule has 3 aliphatic heterocycles. The number of ether oxygens (including phenoxy) is 5. The molecule has 12 heteroatoms. The van der Waals surface area contributed by atoms with Gasteiger partial charge >= 0.3 is 0 Å². The number of fused-ring (bicyclic) bond motifs is 3. The Labute approximate surface area is 242 Å². The summed E-state index contributed by atoms with van der Waals surface area (Å²) in [5.74, 6) is 1.06. The van der Waals surface area contributed by atoms with E-state index < -0.39 is 5.54 Å². The third-order valence-corrected chi connectivity index (χ3v) is 8.09. The van der Waals surface area contributed by atoms with Crippen molar-refractivity contribution in [1.82, 2.24) is 14.7 Å². The zero-order valence-electron chi connectivity index (χ0n) is 23.3. The fourth-order valence-corrected chi connectivity index (χ4v) is 5.94. The molecule has 2 aromatic heterocycles. The highest BCUT2D eigenvalue weighted by Gasteiger charge is 2.39. The molecule has 0 spiro atoms. The van der Waals surface area contributed by atoms with Gasteiger partial charge in [-0.05, 0) is 31.4 Å². The van der Waals surface area contributed by atoms with Crippen molar-refractivity contribution in [1.29, 1.82) is 0 Å². The van der Waals surface area contributed by atoms with Crippen molar-refractivity contribution in [3.63, 3.8) is 0 Å². The summed E-state index contributed by atoms with van der Waals surface area (Å²) in [4.78, 5) is 20.3. The first-order valence-electron chi connectivity index (χ1n) is 13.5. The molecular weight excluding hydrogens is 546 g/mol. The lowest BCUT2D eigenvalue weighted by atomic mass is 9.95. The molecule has 5 heterocycles. The Hall–Kier alpha value is -3.71. The number of aliphatic imine (C=N–C) groups is 1. The van der Waals surface area contributed by atoms with Crippen LogP contribution in [0.5, 0.6) is 11.5 Å². The highest BCUT2D eigenvalue weighted by molar-refractivity contribution is 7.08. The van der Waals surface area contributed by atoms with Crippen LogP contribution < -0.4 is 15.2 Å². The van der Waals surface area contributed by atoms with Gasteiger partial charge in [-0.1, -0.05) is 0 Å². The first-order chi connectivity index (χ1) is 19.9. The quantitative estimate of drug-likeness (QED) is 0.422. The zero-order chi connectivity index (χ0) is 28.6. The number of hydrogen-bond donors (Lipinski definition) is 1.